The lowest BCUT2D eigenvalue weighted by atomic mass is 10.1. The average Bonchev–Trinajstić information content (AvgIpc) is 2.97. The Bertz CT molecular complexity index is 583. The SMILES string of the molecule is CCc1ccc(C(O)c2ccc(OCCOC)c(Br)c2)s1. The van der Waals surface area contributed by atoms with Gasteiger partial charge in [0.25, 0.3) is 0 Å². The van der Waals surface area contributed by atoms with Gasteiger partial charge in [-0.3, -0.25) is 0 Å². The van der Waals surface area contributed by atoms with Gasteiger partial charge in [0, 0.05) is 16.9 Å². The fraction of sp³-hybridized carbons (Fsp3) is 0.375. The van der Waals surface area contributed by atoms with Gasteiger partial charge in [-0.05, 0) is 52.2 Å². The van der Waals surface area contributed by atoms with Crippen molar-refractivity contribution < 1.29 is 14.6 Å². The molecule has 0 fully saturated rings. The molecule has 0 radical (unpaired) electrons. The van der Waals surface area contributed by atoms with Crippen molar-refractivity contribution in [3.63, 3.8) is 0 Å². The molecule has 3 nitrogen and oxygen atoms in total. The molecule has 21 heavy (non-hydrogen) atoms. The first-order chi connectivity index (χ1) is 10.2. The van der Waals surface area contributed by atoms with E-state index >= 15 is 0 Å². The Morgan fingerprint density at radius 2 is 2.05 bits per heavy atom. The number of benzene rings is 1. The number of aliphatic hydroxyl groups excluding tert-OH is 1. The van der Waals surface area contributed by atoms with Crippen LogP contribution in [0.5, 0.6) is 5.75 Å². The molecule has 1 unspecified atom stereocenters. The molecular weight excluding hydrogens is 352 g/mol. The fourth-order valence-corrected chi connectivity index (χ4v) is 3.41. The second kappa shape index (κ2) is 7.94. The second-order valence-corrected chi connectivity index (χ2v) is 6.65. The lowest BCUT2D eigenvalue weighted by Gasteiger charge is -2.12. The molecule has 0 spiro atoms. The first-order valence-electron chi connectivity index (χ1n) is 6.83. The zero-order chi connectivity index (χ0) is 15.2. The molecule has 0 aliphatic carbocycles. The Balaban J connectivity index is 2.11. The van der Waals surface area contributed by atoms with Crippen LogP contribution in [0.15, 0.2) is 34.8 Å². The number of hydrogen-bond donors (Lipinski definition) is 1. The van der Waals surface area contributed by atoms with Gasteiger partial charge < -0.3 is 14.6 Å². The van der Waals surface area contributed by atoms with Gasteiger partial charge in [0.1, 0.15) is 18.5 Å². The van der Waals surface area contributed by atoms with Crippen LogP contribution in [0.25, 0.3) is 0 Å². The number of ether oxygens (including phenoxy) is 2. The topological polar surface area (TPSA) is 38.7 Å². The highest BCUT2D eigenvalue weighted by Gasteiger charge is 2.14. The molecule has 0 aliphatic rings. The molecule has 0 bridgehead atoms. The Morgan fingerprint density at radius 3 is 2.67 bits per heavy atom. The molecule has 1 heterocycles. The lowest BCUT2D eigenvalue weighted by Crippen LogP contribution is -2.05. The Morgan fingerprint density at radius 1 is 1.24 bits per heavy atom. The van der Waals surface area contributed by atoms with E-state index < -0.39 is 6.10 Å². The summed E-state index contributed by atoms with van der Waals surface area (Å²) < 4.78 is 11.4. The molecule has 0 saturated heterocycles. The number of thiophene rings is 1. The van der Waals surface area contributed by atoms with E-state index in [9.17, 15) is 5.11 Å². The Kier molecular flexibility index (Phi) is 6.23. The molecule has 1 atom stereocenters. The van der Waals surface area contributed by atoms with Crippen LogP contribution in [0.3, 0.4) is 0 Å². The van der Waals surface area contributed by atoms with Crippen LogP contribution in [0.1, 0.15) is 28.3 Å². The summed E-state index contributed by atoms with van der Waals surface area (Å²) in [6, 6.07) is 9.72. The highest BCUT2D eigenvalue weighted by molar-refractivity contribution is 9.10. The van der Waals surface area contributed by atoms with Crippen molar-refractivity contribution in [2.24, 2.45) is 0 Å². The number of methoxy groups -OCH3 is 1. The first-order valence-corrected chi connectivity index (χ1v) is 8.44. The zero-order valence-electron chi connectivity index (χ0n) is 12.1. The molecular formula is C16H19BrO3S. The minimum atomic E-state index is -0.598. The fourth-order valence-electron chi connectivity index (χ4n) is 1.93. The van der Waals surface area contributed by atoms with Crippen molar-refractivity contribution in [1.29, 1.82) is 0 Å². The van der Waals surface area contributed by atoms with Crippen molar-refractivity contribution >= 4 is 27.3 Å². The predicted octanol–water partition coefficient (Wildman–Crippen LogP) is 4.18. The lowest BCUT2D eigenvalue weighted by molar-refractivity contribution is 0.146. The van der Waals surface area contributed by atoms with Gasteiger partial charge in [0.05, 0.1) is 11.1 Å². The minimum absolute atomic E-state index is 0.502. The van der Waals surface area contributed by atoms with Gasteiger partial charge in [-0.15, -0.1) is 11.3 Å². The highest BCUT2D eigenvalue weighted by Crippen LogP contribution is 2.33. The quantitative estimate of drug-likeness (QED) is 0.742. The molecule has 2 aromatic rings. The number of rotatable bonds is 7. The standard InChI is InChI=1S/C16H19BrO3S/c1-3-12-5-7-15(21-12)16(18)11-4-6-14(13(17)10-11)20-9-8-19-2/h4-7,10,16,18H,3,8-9H2,1-2H3. The van der Waals surface area contributed by atoms with Crippen molar-refractivity contribution in [1.82, 2.24) is 0 Å². The maximum atomic E-state index is 10.5. The summed E-state index contributed by atoms with van der Waals surface area (Å²) in [5, 5.41) is 10.5. The summed E-state index contributed by atoms with van der Waals surface area (Å²) in [6.07, 6.45) is 0.396. The molecule has 114 valence electrons. The summed E-state index contributed by atoms with van der Waals surface area (Å²) >= 11 is 5.14. The van der Waals surface area contributed by atoms with Crippen molar-refractivity contribution in [3.8, 4) is 5.75 Å². The molecule has 1 aromatic heterocycles. The van der Waals surface area contributed by atoms with Gasteiger partial charge in [0.15, 0.2) is 0 Å². The van der Waals surface area contributed by atoms with Crippen LogP contribution in [-0.4, -0.2) is 25.4 Å². The van der Waals surface area contributed by atoms with E-state index in [1.807, 2.05) is 24.3 Å². The Labute approximate surface area is 137 Å². The van der Waals surface area contributed by atoms with E-state index in [1.165, 1.54) is 4.88 Å². The van der Waals surface area contributed by atoms with Crippen LogP contribution in [-0.2, 0) is 11.2 Å². The predicted molar refractivity (Wildman–Crippen MR) is 89.3 cm³/mol. The highest BCUT2D eigenvalue weighted by atomic mass is 79.9. The molecule has 0 aliphatic heterocycles. The van der Waals surface area contributed by atoms with Crippen LogP contribution < -0.4 is 4.74 Å². The number of aliphatic hydroxyl groups is 1. The summed E-state index contributed by atoms with van der Waals surface area (Å²) in [6.45, 7) is 3.17. The average molecular weight is 371 g/mol. The van der Waals surface area contributed by atoms with Crippen LogP contribution in [0.2, 0.25) is 0 Å². The molecule has 1 N–H and O–H groups in total. The van der Waals surface area contributed by atoms with E-state index in [0.717, 1.165) is 27.1 Å². The van der Waals surface area contributed by atoms with Crippen molar-refractivity contribution in [3.05, 3.63) is 50.1 Å². The van der Waals surface area contributed by atoms with Gasteiger partial charge in [-0.2, -0.15) is 0 Å². The molecule has 0 saturated carbocycles. The zero-order valence-corrected chi connectivity index (χ0v) is 14.5. The molecule has 0 amide bonds. The Hall–Kier alpha value is -0.880. The van der Waals surface area contributed by atoms with E-state index in [-0.39, 0.29) is 0 Å². The van der Waals surface area contributed by atoms with E-state index in [0.29, 0.717) is 13.2 Å². The third kappa shape index (κ3) is 4.30. The van der Waals surface area contributed by atoms with Crippen LogP contribution in [0.4, 0.5) is 0 Å². The molecule has 2 rings (SSSR count). The number of halogens is 1. The van der Waals surface area contributed by atoms with Gasteiger partial charge >= 0.3 is 0 Å². The van der Waals surface area contributed by atoms with Crippen LogP contribution in [0, 0.1) is 0 Å². The smallest absolute Gasteiger partial charge is 0.133 e. The van der Waals surface area contributed by atoms with Gasteiger partial charge in [-0.25, -0.2) is 0 Å². The summed E-state index contributed by atoms with van der Waals surface area (Å²) in [5.41, 5.74) is 0.852. The third-order valence-corrected chi connectivity index (χ3v) is 5.02. The van der Waals surface area contributed by atoms with E-state index in [1.54, 1.807) is 18.4 Å². The summed E-state index contributed by atoms with van der Waals surface area (Å²) in [7, 11) is 1.64. The maximum absolute atomic E-state index is 10.5. The molecule has 5 heteroatoms. The summed E-state index contributed by atoms with van der Waals surface area (Å²) in [5.74, 6) is 0.753. The van der Waals surface area contributed by atoms with Crippen LogP contribution >= 0.6 is 27.3 Å². The number of hydrogen-bond acceptors (Lipinski definition) is 4. The van der Waals surface area contributed by atoms with Crippen molar-refractivity contribution in [2.75, 3.05) is 20.3 Å². The first kappa shape index (κ1) is 16.5. The van der Waals surface area contributed by atoms with Crippen molar-refractivity contribution in [2.45, 2.75) is 19.4 Å². The summed E-state index contributed by atoms with van der Waals surface area (Å²) in [4.78, 5) is 2.24. The minimum Gasteiger partial charge on any atom is -0.490 e. The van der Waals surface area contributed by atoms with E-state index in [4.69, 9.17) is 9.47 Å². The number of aryl methyl sites for hydroxylation is 1. The largest absolute Gasteiger partial charge is 0.490 e. The van der Waals surface area contributed by atoms with Gasteiger partial charge in [0.2, 0.25) is 0 Å². The molecule has 1 aromatic carbocycles. The normalized spacial score (nSPS) is 12.4. The van der Waals surface area contributed by atoms with E-state index in [2.05, 4.69) is 28.9 Å². The third-order valence-electron chi connectivity index (χ3n) is 3.12. The second-order valence-electron chi connectivity index (χ2n) is 4.59. The van der Waals surface area contributed by atoms with Gasteiger partial charge in [-0.1, -0.05) is 13.0 Å². The monoisotopic (exact) mass is 370 g/mol. The maximum Gasteiger partial charge on any atom is 0.133 e.